The van der Waals surface area contributed by atoms with Gasteiger partial charge in [0.05, 0.1) is 41.7 Å². The maximum absolute atomic E-state index is 13.3. The molecule has 2 atom stereocenters. The number of hydrogen-bond acceptors (Lipinski definition) is 6. The van der Waals surface area contributed by atoms with Crippen LogP contribution in [0.2, 0.25) is 5.02 Å². The third kappa shape index (κ3) is 6.10. The summed E-state index contributed by atoms with van der Waals surface area (Å²) in [7, 11) is 1.34. The highest BCUT2D eigenvalue weighted by molar-refractivity contribution is 6.30. The number of benzene rings is 3. The molecule has 1 aliphatic rings. The predicted octanol–water partition coefficient (Wildman–Crippen LogP) is 6.13. The molecule has 0 saturated carbocycles. The Morgan fingerprint density at radius 1 is 1.08 bits per heavy atom. The topological polar surface area (TPSA) is 101 Å². The van der Waals surface area contributed by atoms with Gasteiger partial charge in [0.2, 0.25) is 0 Å². The molecule has 5 rings (SSSR count). The molecule has 1 aliphatic carbocycles. The van der Waals surface area contributed by atoms with Crippen molar-refractivity contribution >= 4 is 34.5 Å². The van der Waals surface area contributed by atoms with Crippen molar-refractivity contribution in [2.24, 2.45) is 0 Å². The van der Waals surface area contributed by atoms with Gasteiger partial charge >= 0.3 is 5.97 Å². The Morgan fingerprint density at radius 2 is 1.87 bits per heavy atom. The zero-order chi connectivity index (χ0) is 27.4. The number of carbonyl (C=O) groups is 2. The third-order valence-electron chi connectivity index (χ3n) is 7.15. The van der Waals surface area contributed by atoms with Gasteiger partial charge in [-0.1, -0.05) is 48.0 Å². The monoisotopic (exact) mass is 543 g/mol. The number of carbonyl (C=O) groups excluding carboxylic acids is 2. The lowest BCUT2D eigenvalue weighted by molar-refractivity contribution is -0.140. The number of aliphatic hydroxyl groups excluding tert-OH is 1. The Balaban J connectivity index is 1.45. The lowest BCUT2D eigenvalue weighted by Gasteiger charge is -2.26. The molecular weight excluding hydrogens is 514 g/mol. The van der Waals surface area contributed by atoms with Crippen LogP contribution in [0.25, 0.3) is 22.3 Å². The van der Waals surface area contributed by atoms with Crippen LogP contribution < -0.4 is 5.32 Å². The SMILES string of the molecule is COC(=O)CCCC(O)c1nc2cc(C(=O)N[C@@H]3CCCc4ccccc43)ccc2nc1-c1ccc(Cl)cc1. The Bertz CT molecular complexity index is 1510. The number of aromatic nitrogens is 2. The third-order valence-corrected chi connectivity index (χ3v) is 7.40. The van der Waals surface area contributed by atoms with E-state index in [1.54, 1.807) is 30.3 Å². The van der Waals surface area contributed by atoms with Crippen LogP contribution in [-0.2, 0) is 16.0 Å². The van der Waals surface area contributed by atoms with E-state index in [2.05, 4.69) is 17.4 Å². The van der Waals surface area contributed by atoms with Gasteiger partial charge in [-0.05, 0) is 73.6 Å². The fourth-order valence-electron chi connectivity index (χ4n) is 5.09. The lowest BCUT2D eigenvalue weighted by atomic mass is 9.87. The number of esters is 1. The molecule has 0 fully saturated rings. The minimum Gasteiger partial charge on any atom is -0.469 e. The summed E-state index contributed by atoms with van der Waals surface area (Å²) in [6.45, 7) is 0. The number of aliphatic hydroxyl groups is 1. The molecule has 0 saturated heterocycles. The Kier molecular flexibility index (Phi) is 8.19. The standard InChI is InChI=1S/C31H30ClN3O4/c1-39-28(37)11-5-10-27(36)30-29(20-12-15-22(32)16-13-20)33-25-17-14-21(18-26(25)34-30)31(38)35-24-9-4-7-19-6-2-3-8-23(19)24/h2-3,6,8,12-18,24,27,36H,4-5,7,9-11H2,1H3,(H,35,38)/t24-,27?/m1/s1. The molecule has 8 heteroatoms. The molecule has 0 bridgehead atoms. The quantitative estimate of drug-likeness (QED) is 0.259. The number of ether oxygens (including phenoxy) is 1. The Labute approximate surface area is 232 Å². The molecule has 1 amide bonds. The van der Waals surface area contributed by atoms with E-state index >= 15 is 0 Å². The van der Waals surface area contributed by atoms with Gasteiger partial charge < -0.3 is 15.2 Å². The fraction of sp³-hybridized carbons (Fsp3) is 0.290. The molecule has 0 spiro atoms. The number of hydrogen-bond donors (Lipinski definition) is 2. The maximum atomic E-state index is 13.3. The normalized spacial score (nSPS) is 15.4. The van der Waals surface area contributed by atoms with Gasteiger partial charge in [-0.3, -0.25) is 9.59 Å². The first-order valence-corrected chi connectivity index (χ1v) is 13.5. The van der Waals surface area contributed by atoms with Crippen LogP contribution in [0.3, 0.4) is 0 Å². The van der Waals surface area contributed by atoms with Crippen LogP contribution in [0.15, 0.2) is 66.7 Å². The summed E-state index contributed by atoms with van der Waals surface area (Å²) in [5, 5.41) is 14.9. The molecule has 0 radical (unpaired) electrons. The van der Waals surface area contributed by atoms with Crippen LogP contribution in [-0.4, -0.2) is 34.1 Å². The van der Waals surface area contributed by atoms with Gasteiger partial charge in [-0.25, -0.2) is 9.97 Å². The lowest BCUT2D eigenvalue weighted by Crippen LogP contribution is -2.31. The second-order valence-electron chi connectivity index (χ2n) is 9.77. The van der Waals surface area contributed by atoms with Gasteiger partial charge in [0.15, 0.2) is 0 Å². The zero-order valence-corrected chi connectivity index (χ0v) is 22.4. The summed E-state index contributed by atoms with van der Waals surface area (Å²) < 4.78 is 4.71. The summed E-state index contributed by atoms with van der Waals surface area (Å²) in [4.78, 5) is 34.4. The van der Waals surface area contributed by atoms with Crippen molar-refractivity contribution in [1.29, 1.82) is 0 Å². The summed E-state index contributed by atoms with van der Waals surface area (Å²) in [5.41, 5.74) is 5.70. The van der Waals surface area contributed by atoms with Crippen LogP contribution in [0.1, 0.15) is 71.4 Å². The Morgan fingerprint density at radius 3 is 2.67 bits per heavy atom. The number of halogens is 1. The van der Waals surface area contributed by atoms with Crippen LogP contribution >= 0.6 is 11.6 Å². The molecule has 1 unspecified atom stereocenters. The molecule has 1 heterocycles. The fourth-order valence-corrected chi connectivity index (χ4v) is 5.21. The van der Waals surface area contributed by atoms with E-state index in [-0.39, 0.29) is 24.3 Å². The van der Waals surface area contributed by atoms with Crippen LogP contribution in [0.4, 0.5) is 0 Å². The van der Waals surface area contributed by atoms with Crippen molar-refractivity contribution in [3.05, 3.63) is 94.1 Å². The summed E-state index contributed by atoms with van der Waals surface area (Å²) >= 11 is 6.09. The molecule has 39 heavy (non-hydrogen) atoms. The highest BCUT2D eigenvalue weighted by Gasteiger charge is 2.23. The smallest absolute Gasteiger partial charge is 0.305 e. The summed E-state index contributed by atoms with van der Waals surface area (Å²) in [6.07, 6.45) is 2.90. The number of methoxy groups -OCH3 is 1. The first kappa shape index (κ1) is 26.8. The van der Waals surface area contributed by atoms with E-state index in [0.717, 1.165) is 24.8 Å². The van der Waals surface area contributed by atoms with Crippen LogP contribution in [0.5, 0.6) is 0 Å². The molecule has 4 aromatic rings. The van der Waals surface area contributed by atoms with E-state index < -0.39 is 6.10 Å². The molecule has 1 aromatic heterocycles. The van der Waals surface area contributed by atoms with Crippen molar-refractivity contribution in [2.75, 3.05) is 7.11 Å². The van der Waals surface area contributed by atoms with Crippen molar-refractivity contribution in [2.45, 2.75) is 50.7 Å². The average Bonchev–Trinajstić information content (AvgIpc) is 2.96. The van der Waals surface area contributed by atoms with Crippen LogP contribution in [0, 0.1) is 0 Å². The molecule has 200 valence electrons. The number of fused-ring (bicyclic) bond motifs is 2. The minimum absolute atomic E-state index is 0.0382. The number of rotatable bonds is 8. The number of aryl methyl sites for hydroxylation is 1. The van der Waals surface area contributed by atoms with Gasteiger partial charge in [0.1, 0.15) is 0 Å². The van der Waals surface area contributed by atoms with Gasteiger partial charge in [0, 0.05) is 22.6 Å². The second-order valence-corrected chi connectivity index (χ2v) is 10.2. The van der Waals surface area contributed by atoms with E-state index in [0.29, 0.717) is 45.8 Å². The largest absolute Gasteiger partial charge is 0.469 e. The predicted molar refractivity (Wildman–Crippen MR) is 150 cm³/mol. The average molecular weight is 544 g/mol. The van der Waals surface area contributed by atoms with Crippen molar-refractivity contribution in [3.8, 4) is 11.3 Å². The molecule has 2 N–H and O–H groups in total. The summed E-state index contributed by atoms with van der Waals surface area (Å²) in [5.74, 6) is -0.511. The Hall–Kier alpha value is -3.81. The van der Waals surface area contributed by atoms with Crippen molar-refractivity contribution in [1.82, 2.24) is 15.3 Å². The van der Waals surface area contributed by atoms with Gasteiger partial charge in [0.25, 0.3) is 5.91 Å². The first-order valence-electron chi connectivity index (χ1n) is 13.1. The zero-order valence-electron chi connectivity index (χ0n) is 21.7. The van der Waals surface area contributed by atoms with E-state index in [4.69, 9.17) is 26.3 Å². The van der Waals surface area contributed by atoms with Crippen molar-refractivity contribution < 1.29 is 19.4 Å². The highest BCUT2D eigenvalue weighted by Crippen LogP contribution is 2.32. The maximum Gasteiger partial charge on any atom is 0.305 e. The molecule has 7 nitrogen and oxygen atoms in total. The second kappa shape index (κ2) is 11.9. The molecule has 3 aromatic carbocycles. The number of amides is 1. The van der Waals surface area contributed by atoms with Gasteiger partial charge in [-0.2, -0.15) is 0 Å². The number of nitrogens with one attached hydrogen (secondary N) is 1. The summed E-state index contributed by atoms with van der Waals surface area (Å²) in [6, 6.07) is 20.6. The van der Waals surface area contributed by atoms with Gasteiger partial charge in [-0.15, -0.1) is 0 Å². The number of nitrogens with zero attached hydrogens (tertiary/aromatic N) is 2. The minimum atomic E-state index is -0.964. The van der Waals surface area contributed by atoms with E-state index in [1.165, 1.54) is 18.2 Å². The molecular formula is C31H30ClN3O4. The molecule has 0 aliphatic heterocycles. The van der Waals surface area contributed by atoms with Crippen molar-refractivity contribution in [3.63, 3.8) is 0 Å². The highest BCUT2D eigenvalue weighted by atomic mass is 35.5. The first-order chi connectivity index (χ1) is 18.9. The van der Waals surface area contributed by atoms with E-state index in [1.807, 2.05) is 24.3 Å². The van der Waals surface area contributed by atoms with E-state index in [9.17, 15) is 14.7 Å².